The van der Waals surface area contributed by atoms with Crippen molar-refractivity contribution in [3.8, 4) is 23.0 Å². The van der Waals surface area contributed by atoms with Gasteiger partial charge >= 0.3 is 12.3 Å². The smallest absolute Gasteiger partial charge is 0.507 e. The number of hydrogen-bond donors (Lipinski definition) is 2. The number of methoxy groups -OCH3 is 2. The zero-order chi connectivity index (χ0) is 30.1. The maximum Gasteiger partial charge on any atom is 0.573 e. The molecule has 4 aromatic rings. The van der Waals surface area contributed by atoms with Crippen LogP contribution >= 0.6 is 11.6 Å². The van der Waals surface area contributed by atoms with E-state index in [1.807, 2.05) is 0 Å². The highest BCUT2D eigenvalue weighted by atomic mass is 35.5. The van der Waals surface area contributed by atoms with Crippen LogP contribution in [-0.4, -0.2) is 42.3 Å². The molecule has 0 saturated carbocycles. The van der Waals surface area contributed by atoms with Crippen molar-refractivity contribution in [2.45, 2.75) is 38.9 Å². The second kappa shape index (κ2) is 11.8. The predicted molar refractivity (Wildman–Crippen MR) is 147 cm³/mol. The lowest BCUT2D eigenvalue weighted by Gasteiger charge is -2.17. The van der Waals surface area contributed by atoms with Crippen LogP contribution in [0.25, 0.3) is 10.9 Å². The highest BCUT2D eigenvalue weighted by molar-refractivity contribution is 6.31. The summed E-state index contributed by atoms with van der Waals surface area (Å²) in [7, 11) is 2.72. The number of hydrogen-bond acceptors (Lipinski definition) is 7. The van der Waals surface area contributed by atoms with E-state index in [4.69, 9.17) is 31.5 Å². The number of fused-ring (bicyclic) bond motifs is 1. The van der Waals surface area contributed by atoms with E-state index in [-0.39, 0.29) is 12.3 Å². The van der Waals surface area contributed by atoms with Gasteiger partial charge in [0.2, 0.25) is 0 Å². The molecule has 8 nitrogen and oxygen atoms in total. The molecule has 41 heavy (non-hydrogen) atoms. The quantitative estimate of drug-likeness (QED) is 0.221. The highest BCUT2D eigenvalue weighted by Gasteiger charge is 2.32. The number of ether oxygens (including phenoxy) is 4. The Morgan fingerprint density at radius 1 is 1.05 bits per heavy atom. The number of benzene rings is 3. The molecule has 1 heterocycles. The Balaban J connectivity index is 1.84. The average molecular weight is 593 g/mol. The number of nitrogens with zero attached hydrogens (tertiary/aromatic N) is 1. The minimum absolute atomic E-state index is 0.0956. The van der Waals surface area contributed by atoms with E-state index in [1.165, 1.54) is 45.4 Å². The van der Waals surface area contributed by atoms with Crippen LogP contribution in [0.2, 0.25) is 5.02 Å². The van der Waals surface area contributed by atoms with Gasteiger partial charge in [-0.15, -0.1) is 13.2 Å². The van der Waals surface area contributed by atoms with Crippen molar-refractivity contribution in [1.29, 1.82) is 0 Å². The van der Waals surface area contributed by atoms with Gasteiger partial charge in [0.25, 0.3) is 0 Å². The van der Waals surface area contributed by atoms with E-state index in [2.05, 4.69) is 4.74 Å². The third-order valence-corrected chi connectivity index (χ3v) is 7.02. The molecule has 0 radical (unpaired) electrons. The molecule has 0 saturated heterocycles. The van der Waals surface area contributed by atoms with Gasteiger partial charge in [-0.25, -0.2) is 4.79 Å². The molecule has 3 aromatic carbocycles. The summed E-state index contributed by atoms with van der Waals surface area (Å²) in [4.78, 5) is 11.8. The molecule has 0 aliphatic heterocycles. The van der Waals surface area contributed by atoms with Gasteiger partial charge in [-0.2, -0.15) is 0 Å². The first-order valence-corrected chi connectivity index (χ1v) is 12.7. The van der Waals surface area contributed by atoms with Crippen molar-refractivity contribution >= 4 is 28.5 Å². The molecule has 1 unspecified atom stereocenters. The number of rotatable bonds is 9. The van der Waals surface area contributed by atoms with Gasteiger partial charge in [0, 0.05) is 45.9 Å². The topological polar surface area (TPSA) is 105 Å². The van der Waals surface area contributed by atoms with Crippen molar-refractivity contribution in [3.05, 3.63) is 82.0 Å². The number of phenolic OH excluding ortho intramolecular Hbond substituents is 1. The van der Waals surface area contributed by atoms with Gasteiger partial charge in [0.05, 0.1) is 25.8 Å². The zero-order valence-electron chi connectivity index (χ0n) is 22.6. The molecule has 1 aromatic heterocycles. The van der Waals surface area contributed by atoms with Crippen LogP contribution in [0.15, 0.2) is 54.6 Å². The Morgan fingerprint density at radius 3 is 2.37 bits per heavy atom. The van der Waals surface area contributed by atoms with Gasteiger partial charge in [0.1, 0.15) is 23.0 Å². The Labute approximate surface area is 238 Å². The average Bonchev–Trinajstić information content (AvgIpc) is 3.18. The molecule has 2 atom stereocenters. The lowest BCUT2D eigenvalue weighted by atomic mass is 9.96. The fourth-order valence-electron chi connectivity index (χ4n) is 4.68. The first-order valence-electron chi connectivity index (χ1n) is 12.4. The standard InChI is InChI=1S/C29H28ClF3N2O6/c1-15-26(27(34)22-9-5-18(38-3)13-25(22)36)21-8-6-20(41-29(31,32)33)12-24(21)35(15)14-17-11-19(7-10-23(17)30)40-16(2)28(37)39-4/h5-13,16,27,36H,14,34H2,1-4H3/t16-,27?/m1/s1. The molecule has 0 aliphatic carbocycles. The first kappa shape index (κ1) is 29.9. The van der Waals surface area contributed by atoms with Crippen molar-refractivity contribution in [1.82, 2.24) is 4.57 Å². The van der Waals surface area contributed by atoms with E-state index in [0.29, 0.717) is 49.8 Å². The molecule has 0 aliphatic rings. The lowest BCUT2D eigenvalue weighted by Crippen LogP contribution is -2.24. The number of alkyl halides is 3. The van der Waals surface area contributed by atoms with Crippen LogP contribution in [0.3, 0.4) is 0 Å². The minimum atomic E-state index is -4.89. The summed E-state index contributed by atoms with van der Waals surface area (Å²) < 4.78 is 60.7. The summed E-state index contributed by atoms with van der Waals surface area (Å²) >= 11 is 6.51. The Kier molecular flexibility index (Phi) is 8.60. The van der Waals surface area contributed by atoms with Crippen LogP contribution in [-0.2, 0) is 16.1 Å². The number of carbonyl (C=O) groups excluding carboxylic acids is 1. The maximum atomic E-state index is 13.1. The molecule has 4 rings (SSSR count). The van der Waals surface area contributed by atoms with Crippen LogP contribution in [0.5, 0.6) is 23.0 Å². The van der Waals surface area contributed by atoms with E-state index in [9.17, 15) is 23.1 Å². The summed E-state index contributed by atoms with van der Waals surface area (Å²) in [6.07, 6.45) is -5.77. The van der Waals surface area contributed by atoms with Crippen LogP contribution in [0, 0.1) is 6.92 Å². The second-order valence-corrected chi connectivity index (χ2v) is 9.66. The Morgan fingerprint density at radius 2 is 1.73 bits per heavy atom. The fraction of sp³-hybridized carbons (Fsp3) is 0.276. The van der Waals surface area contributed by atoms with E-state index >= 15 is 0 Å². The van der Waals surface area contributed by atoms with Crippen molar-refractivity contribution in [3.63, 3.8) is 0 Å². The normalized spacial score (nSPS) is 13.1. The first-order chi connectivity index (χ1) is 19.3. The predicted octanol–water partition coefficient (Wildman–Crippen LogP) is 6.25. The van der Waals surface area contributed by atoms with Crippen molar-refractivity contribution < 1.29 is 42.0 Å². The highest BCUT2D eigenvalue weighted by Crippen LogP contribution is 2.39. The summed E-state index contributed by atoms with van der Waals surface area (Å²) in [5.74, 6) is -0.290. The van der Waals surface area contributed by atoms with Crippen molar-refractivity contribution in [2.24, 2.45) is 5.73 Å². The molecule has 0 amide bonds. The molecule has 218 valence electrons. The number of carbonyl (C=O) groups is 1. The van der Waals surface area contributed by atoms with Crippen molar-refractivity contribution in [2.75, 3.05) is 14.2 Å². The monoisotopic (exact) mass is 592 g/mol. The van der Waals surface area contributed by atoms with Gasteiger partial charge in [-0.1, -0.05) is 11.6 Å². The molecular formula is C29H28ClF3N2O6. The van der Waals surface area contributed by atoms with Crippen LogP contribution in [0.4, 0.5) is 13.2 Å². The summed E-state index contributed by atoms with van der Waals surface area (Å²) in [5.41, 5.74) is 9.22. The summed E-state index contributed by atoms with van der Waals surface area (Å²) in [6, 6.07) is 12.7. The van der Waals surface area contributed by atoms with Gasteiger partial charge < -0.3 is 34.4 Å². The molecule has 0 spiro atoms. The third-order valence-electron chi connectivity index (χ3n) is 6.65. The van der Waals surface area contributed by atoms with Crippen LogP contribution in [0.1, 0.15) is 35.3 Å². The summed E-state index contributed by atoms with van der Waals surface area (Å²) in [6.45, 7) is 3.42. The molecular weight excluding hydrogens is 565 g/mol. The minimum Gasteiger partial charge on any atom is -0.507 e. The van der Waals surface area contributed by atoms with E-state index in [1.54, 1.807) is 41.8 Å². The van der Waals surface area contributed by atoms with Gasteiger partial charge in [-0.05, 0) is 61.9 Å². The number of aromatic nitrogens is 1. The third kappa shape index (κ3) is 6.47. The molecule has 0 bridgehead atoms. The van der Waals surface area contributed by atoms with E-state index < -0.39 is 30.2 Å². The maximum absolute atomic E-state index is 13.1. The molecule has 3 N–H and O–H groups in total. The van der Waals surface area contributed by atoms with E-state index in [0.717, 1.165) is 0 Å². The molecule has 12 heteroatoms. The number of aromatic hydroxyl groups is 1. The summed E-state index contributed by atoms with van der Waals surface area (Å²) in [5, 5.41) is 11.6. The number of esters is 1. The zero-order valence-corrected chi connectivity index (χ0v) is 23.3. The Bertz CT molecular complexity index is 1590. The largest absolute Gasteiger partial charge is 0.573 e. The fourth-order valence-corrected chi connectivity index (χ4v) is 4.86. The lowest BCUT2D eigenvalue weighted by molar-refractivity contribution is -0.274. The van der Waals surface area contributed by atoms with Gasteiger partial charge in [0.15, 0.2) is 6.10 Å². The SMILES string of the molecule is COC(=O)[C@@H](C)Oc1ccc(Cl)c(Cn2c(C)c(C(N)c3ccc(OC)cc3O)c3ccc(OC(F)(F)F)cc32)c1. The molecule has 0 fully saturated rings. The second-order valence-electron chi connectivity index (χ2n) is 9.25. The van der Waals surface area contributed by atoms with Crippen LogP contribution < -0.4 is 19.9 Å². The number of phenols is 1. The number of halogens is 4. The number of nitrogens with two attached hydrogens (primary N) is 1. The Hall–Kier alpha value is -4.09. The van der Waals surface area contributed by atoms with Gasteiger partial charge in [-0.3, -0.25) is 0 Å².